The van der Waals surface area contributed by atoms with Crippen molar-refractivity contribution in [3.63, 3.8) is 0 Å². The number of primary amides is 1. The minimum Gasteiger partial charge on any atom is -0.480 e. The van der Waals surface area contributed by atoms with Crippen LogP contribution >= 0.6 is 12.6 Å². The molecule has 4 unspecified atom stereocenters. The van der Waals surface area contributed by atoms with Crippen molar-refractivity contribution in [3.8, 4) is 0 Å². The molecule has 34 heavy (non-hydrogen) atoms. The number of nitrogens with two attached hydrogens (primary N) is 2. The van der Waals surface area contributed by atoms with Gasteiger partial charge in [0.25, 0.3) is 0 Å². The molecule has 11 heteroatoms. The van der Waals surface area contributed by atoms with Crippen molar-refractivity contribution in [2.75, 3.05) is 0 Å². The first-order chi connectivity index (χ1) is 16.0. The van der Waals surface area contributed by atoms with E-state index >= 15 is 0 Å². The van der Waals surface area contributed by atoms with Crippen LogP contribution in [0.5, 0.6) is 0 Å². The molecule has 8 N–H and O–H groups in total. The Morgan fingerprint density at radius 2 is 1.74 bits per heavy atom. The molecule has 0 aliphatic heterocycles. The van der Waals surface area contributed by atoms with Crippen molar-refractivity contribution in [3.05, 3.63) is 36.0 Å². The molecule has 4 atom stereocenters. The summed E-state index contributed by atoms with van der Waals surface area (Å²) in [6.07, 6.45) is 2.26. The standard InChI is InChI=1S/C23H33N5O5S/c1-12(2)9-18(23(32)33)28-21(30)17(10-13-11-26-16-6-4-3-5-14(13)16)27-22(31)20(34)15(24)7-8-19(25)29/h3-6,11-12,15,17-18,20,26,34H,7-10,24H2,1-2H3,(H2,25,29)(H,27,31)(H,28,30)(H,32,33). The molecular formula is C23H33N5O5S. The van der Waals surface area contributed by atoms with E-state index in [0.29, 0.717) is 0 Å². The summed E-state index contributed by atoms with van der Waals surface area (Å²) in [6, 6.07) is 4.57. The van der Waals surface area contributed by atoms with E-state index in [0.717, 1.165) is 16.5 Å². The summed E-state index contributed by atoms with van der Waals surface area (Å²) in [4.78, 5) is 51.8. The maximum atomic E-state index is 13.1. The third-order valence-electron chi connectivity index (χ3n) is 5.45. The summed E-state index contributed by atoms with van der Waals surface area (Å²) in [5.74, 6) is -2.89. The molecule has 2 rings (SSSR count). The Balaban J connectivity index is 2.23. The van der Waals surface area contributed by atoms with Gasteiger partial charge in [-0.05, 0) is 30.4 Å². The van der Waals surface area contributed by atoms with Crippen LogP contribution in [0.2, 0.25) is 0 Å². The lowest BCUT2D eigenvalue weighted by molar-refractivity contribution is -0.142. The first kappa shape index (κ1) is 27.2. The van der Waals surface area contributed by atoms with Crippen molar-refractivity contribution in [2.45, 2.75) is 62.9 Å². The fraction of sp³-hybridized carbons (Fsp3) is 0.478. The lowest BCUT2D eigenvalue weighted by atomic mass is 10.0. The Kier molecular flexibility index (Phi) is 9.94. The molecular weight excluding hydrogens is 458 g/mol. The number of nitrogens with one attached hydrogen (secondary N) is 3. The number of amides is 3. The molecule has 0 fully saturated rings. The first-order valence-corrected chi connectivity index (χ1v) is 11.6. The van der Waals surface area contributed by atoms with Gasteiger partial charge in [0.05, 0.1) is 5.25 Å². The summed E-state index contributed by atoms with van der Waals surface area (Å²) in [5.41, 5.74) is 12.8. The minimum atomic E-state index is -1.15. The monoisotopic (exact) mass is 491 g/mol. The number of thiol groups is 1. The van der Waals surface area contributed by atoms with Gasteiger partial charge in [0, 0.05) is 36.0 Å². The van der Waals surface area contributed by atoms with Gasteiger partial charge in [-0.1, -0.05) is 32.0 Å². The van der Waals surface area contributed by atoms with Gasteiger partial charge in [0.15, 0.2) is 0 Å². The predicted octanol–water partition coefficient (Wildman–Crippen LogP) is 0.702. The minimum absolute atomic E-state index is 0.000252. The summed E-state index contributed by atoms with van der Waals surface area (Å²) in [7, 11) is 0. The predicted molar refractivity (Wildman–Crippen MR) is 132 cm³/mol. The van der Waals surface area contributed by atoms with Crippen LogP contribution in [0.1, 0.15) is 38.7 Å². The number of rotatable bonds is 13. The van der Waals surface area contributed by atoms with Gasteiger partial charge in [-0.15, -0.1) is 0 Å². The molecule has 0 saturated carbocycles. The van der Waals surface area contributed by atoms with Crippen LogP contribution in [0.4, 0.5) is 0 Å². The average molecular weight is 492 g/mol. The number of carbonyl (C=O) groups is 4. The quantitative estimate of drug-likeness (QED) is 0.203. The fourth-order valence-electron chi connectivity index (χ4n) is 3.61. The second-order valence-electron chi connectivity index (χ2n) is 8.77. The van der Waals surface area contributed by atoms with Gasteiger partial charge in [0.1, 0.15) is 12.1 Å². The third-order valence-corrected chi connectivity index (χ3v) is 6.07. The van der Waals surface area contributed by atoms with Crippen LogP contribution in [0, 0.1) is 5.92 Å². The molecule has 0 saturated heterocycles. The molecule has 0 aliphatic rings. The normalized spacial score (nSPS) is 14.9. The van der Waals surface area contributed by atoms with E-state index in [1.165, 1.54) is 0 Å². The Hall–Kier alpha value is -3.05. The zero-order chi connectivity index (χ0) is 25.4. The van der Waals surface area contributed by atoms with E-state index in [4.69, 9.17) is 11.5 Å². The van der Waals surface area contributed by atoms with E-state index in [1.807, 2.05) is 38.1 Å². The van der Waals surface area contributed by atoms with Crippen LogP contribution in [0.15, 0.2) is 30.5 Å². The van der Waals surface area contributed by atoms with Gasteiger partial charge >= 0.3 is 5.97 Å². The molecule has 0 spiro atoms. The van der Waals surface area contributed by atoms with E-state index < -0.39 is 47.1 Å². The Morgan fingerprint density at radius 1 is 1.09 bits per heavy atom. The van der Waals surface area contributed by atoms with Gasteiger partial charge in [0.2, 0.25) is 17.7 Å². The summed E-state index contributed by atoms with van der Waals surface area (Å²) in [5, 5.41) is 14.6. The molecule has 1 heterocycles. The van der Waals surface area contributed by atoms with E-state index in [1.54, 1.807) is 6.20 Å². The number of para-hydroxylation sites is 1. The number of hydrogen-bond acceptors (Lipinski definition) is 6. The van der Waals surface area contributed by atoms with Crippen LogP contribution in [0.3, 0.4) is 0 Å². The van der Waals surface area contributed by atoms with Crippen LogP contribution in [0.25, 0.3) is 10.9 Å². The van der Waals surface area contributed by atoms with Crippen LogP contribution in [-0.2, 0) is 25.6 Å². The number of aliphatic carboxylic acids is 1. The fourth-order valence-corrected chi connectivity index (χ4v) is 3.84. The number of carboxylic acids is 1. The number of hydrogen-bond donors (Lipinski definition) is 7. The number of benzene rings is 1. The van der Waals surface area contributed by atoms with Crippen molar-refractivity contribution in [2.24, 2.45) is 17.4 Å². The summed E-state index contributed by atoms with van der Waals surface area (Å²) in [6.45, 7) is 3.71. The third kappa shape index (κ3) is 7.77. The number of fused-ring (bicyclic) bond motifs is 1. The van der Waals surface area contributed by atoms with Crippen LogP contribution < -0.4 is 22.1 Å². The van der Waals surface area contributed by atoms with Crippen molar-refractivity contribution in [1.29, 1.82) is 0 Å². The van der Waals surface area contributed by atoms with Crippen molar-refractivity contribution in [1.82, 2.24) is 15.6 Å². The van der Waals surface area contributed by atoms with Crippen molar-refractivity contribution >= 4 is 47.2 Å². The molecule has 0 bridgehead atoms. The molecule has 0 aliphatic carbocycles. The summed E-state index contributed by atoms with van der Waals surface area (Å²) >= 11 is 4.27. The highest BCUT2D eigenvalue weighted by Gasteiger charge is 2.30. The molecule has 10 nitrogen and oxygen atoms in total. The number of aromatic amines is 1. The molecule has 3 amide bonds. The topological polar surface area (TPSA) is 180 Å². The highest BCUT2D eigenvalue weighted by Crippen LogP contribution is 2.20. The highest BCUT2D eigenvalue weighted by molar-refractivity contribution is 7.81. The number of carbonyl (C=O) groups excluding carboxylic acids is 3. The second-order valence-corrected chi connectivity index (χ2v) is 9.32. The second kappa shape index (κ2) is 12.4. The maximum absolute atomic E-state index is 13.1. The SMILES string of the molecule is CC(C)CC(NC(=O)C(Cc1c[nH]c2ccccc12)NC(=O)C(S)C(N)CCC(N)=O)C(=O)O. The molecule has 2 aromatic rings. The highest BCUT2D eigenvalue weighted by atomic mass is 32.1. The Morgan fingerprint density at radius 3 is 2.35 bits per heavy atom. The smallest absolute Gasteiger partial charge is 0.326 e. The lowest BCUT2D eigenvalue weighted by Gasteiger charge is -2.25. The van der Waals surface area contributed by atoms with E-state index in [9.17, 15) is 24.3 Å². The summed E-state index contributed by atoms with van der Waals surface area (Å²) < 4.78 is 0. The molecule has 1 aromatic heterocycles. The number of aromatic nitrogens is 1. The zero-order valence-corrected chi connectivity index (χ0v) is 20.2. The van der Waals surface area contributed by atoms with Gasteiger partial charge in [-0.25, -0.2) is 4.79 Å². The molecule has 186 valence electrons. The van der Waals surface area contributed by atoms with Gasteiger partial charge in [-0.3, -0.25) is 14.4 Å². The first-order valence-electron chi connectivity index (χ1n) is 11.1. The average Bonchev–Trinajstić information content (AvgIpc) is 3.18. The Bertz CT molecular complexity index is 1020. The zero-order valence-electron chi connectivity index (χ0n) is 19.3. The number of H-pyrrole nitrogens is 1. The Labute approximate surface area is 203 Å². The van der Waals surface area contributed by atoms with E-state index in [-0.39, 0.29) is 31.6 Å². The van der Waals surface area contributed by atoms with E-state index in [2.05, 4.69) is 28.2 Å². The lowest BCUT2D eigenvalue weighted by Crippen LogP contribution is -2.55. The van der Waals surface area contributed by atoms with Gasteiger partial charge in [-0.2, -0.15) is 12.6 Å². The van der Waals surface area contributed by atoms with Crippen molar-refractivity contribution < 1.29 is 24.3 Å². The number of carboxylic acid groups (broad SMARTS) is 1. The van der Waals surface area contributed by atoms with Crippen LogP contribution in [-0.4, -0.2) is 57.2 Å². The molecule has 1 aromatic carbocycles. The maximum Gasteiger partial charge on any atom is 0.326 e. The van der Waals surface area contributed by atoms with Gasteiger partial charge < -0.3 is 32.2 Å². The molecule has 0 radical (unpaired) electrons. The largest absolute Gasteiger partial charge is 0.480 e.